The monoisotopic (exact) mass is 362 g/mol. The Balaban J connectivity index is 1.79. The topological polar surface area (TPSA) is 9.86 Å². The first kappa shape index (κ1) is 15.8. The third kappa shape index (κ3) is 1.92. The fourth-order valence-corrected chi connectivity index (χ4v) is 5.02. The van der Waals surface area contributed by atoms with Crippen molar-refractivity contribution in [3.05, 3.63) is 72.1 Å². The Morgan fingerprint density at radius 1 is 0.500 bits per heavy atom. The van der Waals surface area contributed by atoms with Crippen molar-refractivity contribution >= 4 is 54.1 Å². The average molecular weight is 362 g/mol. The Bertz CT molecular complexity index is 1470. The predicted octanol–water partition coefficient (Wildman–Crippen LogP) is 6.75. The summed E-state index contributed by atoms with van der Waals surface area (Å²) in [5, 5.41) is 10.6. The molecule has 0 radical (unpaired) electrons. The quantitative estimate of drug-likeness (QED) is 0.265. The predicted molar refractivity (Wildman–Crippen MR) is 121 cm³/mol. The molecule has 0 saturated carbocycles. The molecular weight excluding hydrogens is 340 g/mol. The zero-order chi connectivity index (χ0) is 19.2. The molecule has 0 atom stereocenters. The molecule has 0 saturated heterocycles. The Kier molecular flexibility index (Phi) is 2.91. The molecule has 0 aliphatic carbocycles. The van der Waals surface area contributed by atoms with E-state index in [1.807, 2.05) is 0 Å². The van der Waals surface area contributed by atoms with Crippen molar-refractivity contribution in [3.63, 3.8) is 0 Å². The lowest BCUT2D eigenvalue weighted by atomic mass is 9.95. The molecule has 0 fully saturated rings. The molecule has 0 bridgehead atoms. The maximum absolute atomic E-state index is 2.36. The van der Waals surface area contributed by atoms with E-state index in [0.29, 0.717) is 0 Å². The number of nitrogens with zero attached hydrogens (tertiary/aromatic N) is 2. The summed E-state index contributed by atoms with van der Waals surface area (Å²) in [6, 6.07) is 18.6. The Morgan fingerprint density at radius 2 is 0.929 bits per heavy atom. The van der Waals surface area contributed by atoms with Crippen molar-refractivity contribution in [1.82, 2.24) is 9.13 Å². The third-order valence-electron chi connectivity index (χ3n) is 6.45. The van der Waals surface area contributed by atoms with Crippen LogP contribution in [0.2, 0.25) is 0 Å². The molecule has 0 amide bonds. The average Bonchev–Trinajstić information content (AvgIpc) is 3.13. The molecule has 0 spiro atoms. The highest BCUT2D eigenvalue weighted by atomic mass is 14.9. The summed E-state index contributed by atoms with van der Waals surface area (Å²) in [7, 11) is 4.27. The molecule has 6 rings (SSSR count). The lowest BCUT2D eigenvalue weighted by Crippen LogP contribution is -1.87. The minimum atomic E-state index is 1.30. The van der Waals surface area contributed by atoms with E-state index >= 15 is 0 Å². The van der Waals surface area contributed by atoms with Crippen LogP contribution < -0.4 is 0 Å². The van der Waals surface area contributed by atoms with Crippen LogP contribution in [0.4, 0.5) is 0 Å². The minimum absolute atomic E-state index is 1.30. The molecule has 0 aliphatic rings. The Hall–Kier alpha value is -3.26. The van der Waals surface area contributed by atoms with Crippen LogP contribution in [-0.2, 0) is 14.1 Å². The van der Waals surface area contributed by atoms with Gasteiger partial charge in [0.1, 0.15) is 0 Å². The first-order valence-electron chi connectivity index (χ1n) is 9.82. The van der Waals surface area contributed by atoms with Crippen LogP contribution in [0, 0.1) is 13.8 Å². The van der Waals surface area contributed by atoms with Crippen LogP contribution >= 0.6 is 0 Å². The van der Waals surface area contributed by atoms with Crippen molar-refractivity contribution in [3.8, 4) is 0 Å². The normalized spacial score (nSPS) is 12.3. The number of benzene rings is 4. The van der Waals surface area contributed by atoms with Crippen molar-refractivity contribution < 1.29 is 0 Å². The fourth-order valence-electron chi connectivity index (χ4n) is 5.02. The summed E-state index contributed by atoms with van der Waals surface area (Å²) in [4.78, 5) is 0. The van der Waals surface area contributed by atoms with Gasteiger partial charge in [0.15, 0.2) is 0 Å². The second-order valence-corrected chi connectivity index (χ2v) is 8.25. The highest BCUT2D eigenvalue weighted by Crippen LogP contribution is 2.36. The van der Waals surface area contributed by atoms with Gasteiger partial charge in [0.05, 0.1) is 0 Å². The van der Waals surface area contributed by atoms with Gasteiger partial charge in [-0.25, -0.2) is 0 Å². The molecule has 2 heteroatoms. The van der Waals surface area contributed by atoms with Gasteiger partial charge in [-0.2, -0.15) is 0 Å². The zero-order valence-electron chi connectivity index (χ0n) is 16.7. The van der Waals surface area contributed by atoms with Gasteiger partial charge in [-0.05, 0) is 81.6 Å². The lowest BCUT2D eigenvalue weighted by Gasteiger charge is -2.10. The smallest absolute Gasteiger partial charge is 0.0487 e. The molecule has 2 heterocycles. The van der Waals surface area contributed by atoms with Crippen LogP contribution in [0.5, 0.6) is 0 Å². The van der Waals surface area contributed by atoms with E-state index < -0.39 is 0 Å². The Morgan fingerprint density at radius 3 is 1.36 bits per heavy atom. The summed E-state index contributed by atoms with van der Waals surface area (Å²) in [5.41, 5.74) is 5.26. The van der Waals surface area contributed by atoms with Crippen molar-refractivity contribution in [1.29, 1.82) is 0 Å². The van der Waals surface area contributed by atoms with Gasteiger partial charge in [0.25, 0.3) is 0 Å². The van der Waals surface area contributed by atoms with E-state index in [2.05, 4.69) is 98.0 Å². The molecule has 28 heavy (non-hydrogen) atoms. The SMILES string of the molecule is Cc1cn(C)c2cc3c(ccc4c5cc6c(cc5ccc34)c(C)cn6C)cc12. The zero-order valence-corrected chi connectivity index (χ0v) is 16.7. The van der Waals surface area contributed by atoms with Crippen molar-refractivity contribution in [2.24, 2.45) is 14.1 Å². The van der Waals surface area contributed by atoms with E-state index in [1.165, 1.54) is 65.3 Å². The molecule has 0 unspecified atom stereocenters. The Labute approximate surface area is 163 Å². The highest BCUT2D eigenvalue weighted by molar-refractivity contribution is 6.20. The van der Waals surface area contributed by atoms with Gasteiger partial charge in [-0.1, -0.05) is 24.3 Å². The van der Waals surface area contributed by atoms with Crippen LogP contribution in [0.1, 0.15) is 11.1 Å². The molecule has 6 aromatic rings. The number of rotatable bonds is 0. The van der Waals surface area contributed by atoms with Gasteiger partial charge >= 0.3 is 0 Å². The second-order valence-electron chi connectivity index (χ2n) is 8.25. The summed E-state index contributed by atoms with van der Waals surface area (Å²) in [6.45, 7) is 4.38. The molecule has 0 N–H and O–H groups in total. The number of hydrogen-bond acceptors (Lipinski definition) is 0. The number of aryl methyl sites for hydroxylation is 4. The first-order valence-corrected chi connectivity index (χ1v) is 9.82. The van der Waals surface area contributed by atoms with Crippen LogP contribution in [0.3, 0.4) is 0 Å². The summed E-state index contributed by atoms with van der Waals surface area (Å²) < 4.78 is 4.47. The summed E-state index contributed by atoms with van der Waals surface area (Å²) >= 11 is 0. The van der Waals surface area contributed by atoms with E-state index in [0.717, 1.165) is 0 Å². The van der Waals surface area contributed by atoms with Gasteiger partial charge in [0.2, 0.25) is 0 Å². The molecule has 2 aromatic heterocycles. The largest absolute Gasteiger partial charge is 0.350 e. The maximum Gasteiger partial charge on any atom is 0.0487 e. The van der Waals surface area contributed by atoms with Gasteiger partial charge in [-0.3, -0.25) is 0 Å². The minimum Gasteiger partial charge on any atom is -0.350 e. The number of fused-ring (bicyclic) bond motifs is 7. The lowest BCUT2D eigenvalue weighted by molar-refractivity contribution is 0.965. The first-order chi connectivity index (χ1) is 13.5. The number of hydrogen-bond donors (Lipinski definition) is 0. The van der Waals surface area contributed by atoms with Crippen LogP contribution in [0.25, 0.3) is 54.1 Å². The molecule has 0 aliphatic heterocycles. The standard InChI is InChI=1S/C26H22N2/c1-15-13-27(3)25-11-23-17(9-21(15)25)5-7-20-19(23)8-6-18-10-22-16(2)14-28(4)26(22)12-24(18)20/h5-14H,1-4H3. The molecular formula is C26H22N2. The van der Waals surface area contributed by atoms with Crippen molar-refractivity contribution in [2.45, 2.75) is 13.8 Å². The van der Waals surface area contributed by atoms with E-state index in [1.54, 1.807) is 0 Å². The van der Waals surface area contributed by atoms with E-state index in [4.69, 9.17) is 0 Å². The van der Waals surface area contributed by atoms with Crippen LogP contribution in [0.15, 0.2) is 60.9 Å². The molecule has 4 aromatic carbocycles. The second kappa shape index (κ2) is 5.17. The molecule has 2 nitrogen and oxygen atoms in total. The summed E-state index contributed by atoms with van der Waals surface area (Å²) in [6.07, 6.45) is 4.44. The summed E-state index contributed by atoms with van der Waals surface area (Å²) in [5.74, 6) is 0. The van der Waals surface area contributed by atoms with E-state index in [-0.39, 0.29) is 0 Å². The van der Waals surface area contributed by atoms with Crippen molar-refractivity contribution in [2.75, 3.05) is 0 Å². The number of aromatic nitrogens is 2. The van der Waals surface area contributed by atoms with E-state index in [9.17, 15) is 0 Å². The van der Waals surface area contributed by atoms with Gasteiger partial charge in [-0.15, -0.1) is 0 Å². The fraction of sp³-hybridized carbons (Fsp3) is 0.154. The maximum atomic E-state index is 2.36. The van der Waals surface area contributed by atoms with Gasteiger partial charge in [0, 0.05) is 48.3 Å². The van der Waals surface area contributed by atoms with Gasteiger partial charge < -0.3 is 9.13 Å². The third-order valence-corrected chi connectivity index (χ3v) is 6.45. The molecule has 136 valence electrons. The highest BCUT2D eigenvalue weighted by Gasteiger charge is 2.11. The van der Waals surface area contributed by atoms with Crippen LogP contribution in [-0.4, -0.2) is 9.13 Å².